The van der Waals surface area contributed by atoms with Gasteiger partial charge in [-0.3, -0.25) is 4.90 Å². The summed E-state index contributed by atoms with van der Waals surface area (Å²) >= 11 is 5.93. The van der Waals surface area contributed by atoms with Crippen molar-refractivity contribution in [1.82, 2.24) is 10.2 Å². The average molecular weight is 283 g/mol. The molecule has 2 unspecified atom stereocenters. The van der Waals surface area contributed by atoms with E-state index in [1.807, 2.05) is 6.07 Å². The molecule has 0 saturated carbocycles. The van der Waals surface area contributed by atoms with Crippen LogP contribution in [0.3, 0.4) is 0 Å². The van der Waals surface area contributed by atoms with Crippen LogP contribution in [0.2, 0.25) is 5.02 Å². The lowest BCUT2D eigenvalue weighted by atomic mass is 9.85. The second-order valence-corrected chi connectivity index (χ2v) is 6.77. The van der Waals surface area contributed by atoms with Gasteiger partial charge in [0.15, 0.2) is 0 Å². The Morgan fingerprint density at radius 2 is 2.16 bits per heavy atom. The van der Waals surface area contributed by atoms with E-state index in [4.69, 9.17) is 11.6 Å². The molecule has 2 saturated heterocycles. The lowest BCUT2D eigenvalue weighted by molar-refractivity contribution is 0.132. The molecule has 0 amide bonds. The summed E-state index contributed by atoms with van der Waals surface area (Å²) in [5, 5.41) is 3.96. The van der Waals surface area contributed by atoms with Crippen molar-refractivity contribution >= 4 is 11.6 Å². The van der Waals surface area contributed by atoms with Crippen LogP contribution in [0.4, 0.5) is 4.39 Å². The second kappa shape index (κ2) is 4.72. The summed E-state index contributed by atoms with van der Waals surface area (Å²) in [4.78, 5) is 2.47. The van der Waals surface area contributed by atoms with Crippen LogP contribution in [0, 0.1) is 17.7 Å². The van der Waals surface area contributed by atoms with Crippen LogP contribution in [0.1, 0.15) is 19.4 Å². The topological polar surface area (TPSA) is 15.3 Å². The number of hydrogen-bond acceptors (Lipinski definition) is 2. The molecule has 2 fully saturated rings. The molecule has 2 aliphatic rings. The van der Waals surface area contributed by atoms with E-state index in [1.165, 1.54) is 6.07 Å². The number of nitrogens with zero attached hydrogens (tertiary/aromatic N) is 1. The molecule has 2 nitrogen and oxygen atoms in total. The summed E-state index contributed by atoms with van der Waals surface area (Å²) in [6.45, 7) is 8.65. The molecule has 19 heavy (non-hydrogen) atoms. The maximum Gasteiger partial charge on any atom is 0.125 e. The summed E-state index contributed by atoms with van der Waals surface area (Å²) < 4.78 is 13.4. The van der Waals surface area contributed by atoms with Crippen LogP contribution in [-0.4, -0.2) is 30.1 Å². The number of halogens is 2. The van der Waals surface area contributed by atoms with Crippen LogP contribution in [0.5, 0.6) is 0 Å². The number of nitrogens with one attached hydrogen (secondary N) is 1. The van der Waals surface area contributed by atoms with Gasteiger partial charge in [0, 0.05) is 30.2 Å². The molecular formula is C15H20ClFN2. The third-order valence-corrected chi connectivity index (χ3v) is 5.03. The number of rotatable bonds is 2. The molecule has 2 heterocycles. The second-order valence-electron chi connectivity index (χ2n) is 6.34. The van der Waals surface area contributed by atoms with Crippen molar-refractivity contribution in [2.45, 2.75) is 25.9 Å². The highest BCUT2D eigenvalue weighted by Gasteiger charge is 2.49. The standard InChI is InChI=1S/C15H20ClFN2/c1-15(2)14-7-18-6-11(14)9-19(15)8-10-3-12(16)5-13(17)4-10/h3-5,11,14,18H,6-9H2,1-2H3. The van der Waals surface area contributed by atoms with Gasteiger partial charge in [-0.2, -0.15) is 0 Å². The van der Waals surface area contributed by atoms with Crippen LogP contribution < -0.4 is 5.32 Å². The highest BCUT2D eigenvalue weighted by molar-refractivity contribution is 6.30. The zero-order valence-electron chi connectivity index (χ0n) is 11.4. The molecular weight excluding hydrogens is 263 g/mol. The van der Waals surface area contributed by atoms with E-state index in [9.17, 15) is 4.39 Å². The SMILES string of the molecule is CC1(C)C2CNCC2CN1Cc1cc(F)cc(Cl)c1. The Morgan fingerprint density at radius 1 is 1.37 bits per heavy atom. The number of benzene rings is 1. The molecule has 2 atom stereocenters. The molecule has 1 aromatic carbocycles. The largest absolute Gasteiger partial charge is 0.316 e. The van der Waals surface area contributed by atoms with Gasteiger partial charge in [0.05, 0.1) is 0 Å². The number of likely N-dealkylation sites (tertiary alicyclic amines) is 1. The third-order valence-electron chi connectivity index (χ3n) is 4.81. The van der Waals surface area contributed by atoms with E-state index in [0.29, 0.717) is 10.9 Å². The molecule has 104 valence electrons. The van der Waals surface area contributed by atoms with Gasteiger partial charge in [-0.25, -0.2) is 4.39 Å². The van der Waals surface area contributed by atoms with Gasteiger partial charge in [-0.1, -0.05) is 11.6 Å². The molecule has 2 aliphatic heterocycles. The Labute approximate surface area is 118 Å². The smallest absolute Gasteiger partial charge is 0.125 e. The van der Waals surface area contributed by atoms with Gasteiger partial charge in [0.1, 0.15) is 5.82 Å². The lowest BCUT2D eigenvalue weighted by Gasteiger charge is -2.35. The minimum Gasteiger partial charge on any atom is -0.316 e. The first-order valence-electron chi connectivity index (χ1n) is 6.87. The van der Waals surface area contributed by atoms with E-state index in [2.05, 4.69) is 24.1 Å². The first-order chi connectivity index (χ1) is 8.96. The predicted molar refractivity (Wildman–Crippen MR) is 75.7 cm³/mol. The van der Waals surface area contributed by atoms with Gasteiger partial charge in [0.25, 0.3) is 0 Å². The van der Waals surface area contributed by atoms with Crippen molar-refractivity contribution < 1.29 is 4.39 Å². The van der Waals surface area contributed by atoms with E-state index in [0.717, 1.165) is 37.7 Å². The molecule has 4 heteroatoms. The first kappa shape index (κ1) is 13.3. The summed E-state index contributed by atoms with van der Waals surface area (Å²) in [6, 6.07) is 4.82. The minimum absolute atomic E-state index is 0.160. The van der Waals surface area contributed by atoms with Crippen LogP contribution in [-0.2, 0) is 6.54 Å². The Morgan fingerprint density at radius 3 is 2.84 bits per heavy atom. The van der Waals surface area contributed by atoms with Crippen LogP contribution in [0.25, 0.3) is 0 Å². The summed E-state index contributed by atoms with van der Waals surface area (Å²) in [5.74, 6) is 1.16. The maximum atomic E-state index is 13.4. The van der Waals surface area contributed by atoms with Gasteiger partial charge in [-0.15, -0.1) is 0 Å². The Hall–Kier alpha value is -0.640. The van der Waals surface area contributed by atoms with E-state index >= 15 is 0 Å². The molecule has 1 N–H and O–H groups in total. The predicted octanol–water partition coefficient (Wildman–Crippen LogP) is 2.91. The Bertz CT molecular complexity index is 469. The highest BCUT2D eigenvalue weighted by Crippen LogP contribution is 2.41. The Balaban J connectivity index is 1.80. The molecule has 0 aliphatic carbocycles. The van der Waals surface area contributed by atoms with Crippen molar-refractivity contribution in [2.24, 2.45) is 11.8 Å². The molecule has 0 aromatic heterocycles. The number of hydrogen-bond donors (Lipinski definition) is 1. The molecule has 0 spiro atoms. The zero-order valence-corrected chi connectivity index (χ0v) is 12.2. The summed E-state index contributed by atoms with van der Waals surface area (Å²) in [6.07, 6.45) is 0. The monoisotopic (exact) mass is 282 g/mol. The van der Waals surface area contributed by atoms with E-state index in [-0.39, 0.29) is 11.4 Å². The van der Waals surface area contributed by atoms with Gasteiger partial charge in [-0.05, 0) is 56.0 Å². The fourth-order valence-electron chi connectivity index (χ4n) is 3.70. The van der Waals surface area contributed by atoms with Gasteiger partial charge >= 0.3 is 0 Å². The van der Waals surface area contributed by atoms with Crippen LogP contribution in [0.15, 0.2) is 18.2 Å². The normalized spacial score (nSPS) is 29.7. The van der Waals surface area contributed by atoms with Gasteiger partial charge < -0.3 is 5.32 Å². The van der Waals surface area contributed by atoms with Crippen molar-refractivity contribution in [2.75, 3.05) is 19.6 Å². The van der Waals surface area contributed by atoms with Crippen molar-refractivity contribution in [1.29, 1.82) is 0 Å². The Kier molecular flexibility index (Phi) is 3.32. The minimum atomic E-state index is -0.249. The van der Waals surface area contributed by atoms with E-state index in [1.54, 1.807) is 6.07 Å². The molecule has 0 bridgehead atoms. The maximum absolute atomic E-state index is 13.4. The highest BCUT2D eigenvalue weighted by atomic mass is 35.5. The average Bonchev–Trinajstić information content (AvgIpc) is 2.82. The van der Waals surface area contributed by atoms with Crippen molar-refractivity contribution in [3.63, 3.8) is 0 Å². The van der Waals surface area contributed by atoms with Crippen LogP contribution >= 0.6 is 11.6 Å². The summed E-state index contributed by atoms with van der Waals surface area (Å²) in [7, 11) is 0. The molecule has 0 radical (unpaired) electrons. The zero-order chi connectivity index (χ0) is 13.6. The lowest BCUT2D eigenvalue weighted by Crippen LogP contribution is -2.43. The molecule has 1 aromatic rings. The first-order valence-corrected chi connectivity index (χ1v) is 7.25. The van der Waals surface area contributed by atoms with Gasteiger partial charge in [0.2, 0.25) is 0 Å². The fourth-order valence-corrected chi connectivity index (χ4v) is 3.94. The molecule has 3 rings (SSSR count). The third kappa shape index (κ3) is 2.39. The number of fused-ring (bicyclic) bond motifs is 1. The quantitative estimate of drug-likeness (QED) is 0.897. The fraction of sp³-hybridized carbons (Fsp3) is 0.600. The van der Waals surface area contributed by atoms with Crippen molar-refractivity contribution in [3.05, 3.63) is 34.6 Å². The van der Waals surface area contributed by atoms with Crippen molar-refractivity contribution in [3.8, 4) is 0 Å². The summed E-state index contributed by atoms with van der Waals surface area (Å²) in [5.41, 5.74) is 1.12. The van der Waals surface area contributed by atoms with E-state index < -0.39 is 0 Å².